The first-order valence-electron chi connectivity index (χ1n) is 8.60. The second kappa shape index (κ2) is 7.50. The molecule has 1 aromatic carbocycles. The van der Waals surface area contributed by atoms with Crippen LogP contribution in [-0.2, 0) is 10.0 Å². The molecule has 0 N–H and O–H groups in total. The average molecular weight is 421 g/mol. The van der Waals surface area contributed by atoms with Crippen molar-refractivity contribution in [3.8, 4) is 17.1 Å². The number of methoxy groups -OCH3 is 1. The monoisotopic (exact) mass is 420 g/mol. The van der Waals surface area contributed by atoms with E-state index in [4.69, 9.17) is 20.9 Å². The minimum absolute atomic E-state index is 0.0946. The normalized spacial score (nSPS) is 17.7. The molecule has 146 valence electrons. The molecular weight excluding hydrogens is 404 g/mol. The Kier molecular flexibility index (Phi) is 5.05. The van der Waals surface area contributed by atoms with Crippen molar-refractivity contribution in [2.45, 2.75) is 23.8 Å². The van der Waals surface area contributed by atoms with Gasteiger partial charge in [-0.25, -0.2) is 8.42 Å². The van der Waals surface area contributed by atoms with Gasteiger partial charge in [-0.2, -0.15) is 9.29 Å². The van der Waals surface area contributed by atoms with E-state index in [1.54, 1.807) is 18.5 Å². The quantitative estimate of drug-likeness (QED) is 0.624. The van der Waals surface area contributed by atoms with Gasteiger partial charge in [0.15, 0.2) is 0 Å². The van der Waals surface area contributed by atoms with Gasteiger partial charge in [0.2, 0.25) is 21.7 Å². The van der Waals surface area contributed by atoms with Crippen LogP contribution >= 0.6 is 11.6 Å². The molecule has 3 aromatic rings. The molecule has 0 bridgehead atoms. The fourth-order valence-corrected chi connectivity index (χ4v) is 5.20. The molecule has 8 nitrogen and oxygen atoms in total. The minimum atomic E-state index is -3.79. The Morgan fingerprint density at radius 3 is 2.89 bits per heavy atom. The third-order valence-corrected chi connectivity index (χ3v) is 6.78. The average Bonchev–Trinajstić information content (AvgIpc) is 3.38. The highest BCUT2D eigenvalue weighted by Crippen LogP contribution is 2.37. The summed E-state index contributed by atoms with van der Waals surface area (Å²) in [6.07, 6.45) is 4.56. The summed E-state index contributed by atoms with van der Waals surface area (Å²) >= 11 is 6.11. The molecule has 10 heteroatoms. The molecule has 0 spiro atoms. The van der Waals surface area contributed by atoms with Crippen LogP contribution in [0.25, 0.3) is 11.4 Å². The van der Waals surface area contributed by atoms with Crippen LogP contribution in [-0.4, -0.2) is 41.5 Å². The predicted octanol–water partition coefficient (Wildman–Crippen LogP) is 3.32. The number of hydrogen-bond donors (Lipinski definition) is 0. The number of rotatable bonds is 5. The molecule has 1 aliphatic rings. The van der Waals surface area contributed by atoms with Crippen LogP contribution in [0.1, 0.15) is 24.8 Å². The van der Waals surface area contributed by atoms with Gasteiger partial charge in [0.1, 0.15) is 11.8 Å². The summed E-state index contributed by atoms with van der Waals surface area (Å²) in [6, 6.07) is 7.45. The van der Waals surface area contributed by atoms with Gasteiger partial charge in [-0.05, 0) is 43.2 Å². The maximum atomic E-state index is 13.2. The molecule has 0 amide bonds. The Balaban J connectivity index is 1.65. The Labute approximate surface area is 167 Å². The molecule has 1 atom stereocenters. The van der Waals surface area contributed by atoms with Crippen LogP contribution in [0.15, 0.2) is 52.1 Å². The lowest BCUT2D eigenvalue weighted by atomic mass is 10.2. The molecule has 1 fully saturated rings. The summed E-state index contributed by atoms with van der Waals surface area (Å²) in [5.41, 5.74) is 0.701. The molecular formula is C18H17ClN4O4S. The third kappa shape index (κ3) is 3.36. The minimum Gasteiger partial charge on any atom is -0.495 e. The zero-order chi connectivity index (χ0) is 19.7. The van der Waals surface area contributed by atoms with Crippen molar-refractivity contribution in [2.75, 3.05) is 13.7 Å². The van der Waals surface area contributed by atoms with Gasteiger partial charge in [0.05, 0.1) is 17.0 Å². The van der Waals surface area contributed by atoms with E-state index in [1.165, 1.54) is 29.6 Å². The number of halogens is 1. The van der Waals surface area contributed by atoms with Crippen LogP contribution in [0.3, 0.4) is 0 Å². The van der Waals surface area contributed by atoms with Gasteiger partial charge < -0.3 is 9.26 Å². The lowest BCUT2D eigenvalue weighted by molar-refractivity contribution is 0.290. The predicted molar refractivity (Wildman–Crippen MR) is 101 cm³/mol. The van der Waals surface area contributed by atoms with Crippen LogP contribution in [0, 0.1) is 0 Å². The SMILES string of the molecule is COc1ccc(S(=O)(=O)N2CCC[C@H]2c2nc(-c3cccnc3)no2)cc1Cl. The molecule has 4 rings (SSSR count). The van der Waals surface area contributed by atoms with Crippen molar-refractivity contribution >= 4 is 21.6 Å². The van der Waals surface area contributed by atoms with E-state index in [2.05, 4.69) is 15.1 Å². The molecule has 1 saturated heterocycles. The van der Waals surface area contributed by atoms with Crippen LogP contribution in [0.2, 0.25) is 5.02 Å². The van der Waals surface area contributed by atoms with E-state index in [-0.39, 0.29) is 15.8 Å². The highest BCUT2D eigenvalue weighted by Gasteiger charge is 2.39. The maximum Gasteiger partial charge on any atom is 0.245 e. The van der Waals surface area contributed by atoms with Gasteiger partial charge in [-0.1, -0.05) is 16.8 Å². The highest BCUT2D eigenvalue weighted by molar-refractivity contribution is 7.89. The summed E-state index contributed by atoms with van der Waals surface area (Å²) in [6.45, 7) is 0.362. The smallest absolute Gasteiger partial charge is 0.245 e. The molecule has 0 radical (unpaired) electrons. The number of nitrogens with zero attached hydrogens (tertiary/aromatic N) is 4. The van der Waals surface area contributed by atoms with Gasteiger partial charge in [-0.3, -0.25) is 4.98 Å². The number of ether oxygens (including phenoxy) is 1. The highest BCUT2D eigenvalue weighted by atomic mass is 35.5. The molecule has 1 aliphatic heterocycles. The van der Waals surface area contributed by atoms with Gasteiger partial charge in [-0.15, -0.1) is 0 Å². The van der Waals surface area contributed by atoms with Crippen molar-refractivity contribution in [2.24, 2.45) is 0 Å². The van der Waals surface area contributed by atoms with Crippen LogP contribution in [0.5, 0.6) is 5.75 Å². The first-order chi connectivity index (χ1) is 13.5. The number of benzene rings is 1. The van der Waals surface area contributed by atoms with E-state index in [0.29, 0.717) is 36.5 Å². The zero-order valence-electron chi connectivity index (χ0n) is 14.9. The zero-order valence-corrected chi connectivity index (χ0v) is 16.5. The number of sulfonamides is 1. The van der Waals surface area contributed by atoms with Gasteiger partial charge >= 0.3 is 0 Å². The lowest BCUT2D eigenvalue weighted by Gasteiger charge is -2.21. The molecule has 28 heavy (non-hydrogen) atoms. The van der Waals surface area contributed by atoms with E-state index in [0.717, 1.165) is 0 Å². The summed E-state index contributed by atoms with van der Waals surface area (Å²) in [4.78, 5) is 8.52. The topological polar surface area (TPSA) is 98.4 Å². The van der Waals surface area contributed by atoms with Gasteiger partial charge in [0.25, 0.3) is 0 Å². The molecule has 0 saturated carbocycles. The second-order valence-corrected chi connectivity index (χ2v) is 8.57. The van der Waals surface area contributed by atoms with Crippen molar-refractivity contribution < 1.29 is 17.7 Å². The second-order valence-electron chi connectivity index (χ2n) is 6.27. The number of pyridine rings is 1. The van der Waals surface area contributed by atoms with Crippen molar-refractivity contribution in [3.05, 3.63) is 53.6 Å². The Bertz CT molecular complexity index is 1090. The first kappa shape index (κ1) is 18.9. The Morgan fingerprint density at radius 2 is 2.18 bits per heavy atom. The fraction of sp³-hybridized carbons (Fsp3) is 0.278. The standard InChI is InChI=1S/C18H17ClN4O4S/c1-26-16-7-6-13(10-14(16)19)28(24,25)23-9-3-5-15(23)18-21-17(22-27-18)12-4-2-8-20-11-12/h2,4,6-8,10-11,15H,3,5,9H2,1H3/t15-/m0/s1. The molecule has 2 aromatic heterocycles. The fourth-order valence-electron chi connectivity index (χ4n) is 3.20. The Morgan fingerprint density at radius 1 is 1.32 bits per heavy atom. The molecule has 0 unspecified atom stereocenters. The summed E-state index contributed by atoms with van der Waals surface area (Å²) in [5.74, 6) is 1.05. The first-order valence-corrected chi connectivity index (χ1v) is 10.4. The molecule has 3 heterocycles. The van der Waals surface area contributed by atoms with Crippen LogP contribution < -0.4 is 4.74 Å². The summed E-state index contributed by atoms with van der Waals surface area (Å²) in [5, 5.41) is 4.20. The van der Waals surface area contributed by atoms with Crippen molar-refractivity contribution in [3.63, 3.8) is 0 Å². The van der Waals surface area contributed by atoms with Crippen molar-refractivity contribution in [1.29, 1.82) is 0 Å². The maximum absolute atomic E-state index is 13.2. The summed E-state index contributed by atoms with van der Waals surface area (Å²) in [7, 11) is -2.31. The van der Waals surface area contributed by atoms with E-state index >= 15 is 0 Å². The number of hydrogen-bond acceptors (Lipinski definition) is 7. The largest absolute Gasteiger partial charge is 0.495 e. The van der Waals surface area contributed by atoms with E-state index < -0.39 is 16.1 Å². The van der Waals surface area contributed by atoms with E-state index in [9.17, 15) is 8.42 Å². The van der Waals surface area contributed by atoms with Gasteiger partial charge in [0, 0.05) is 24.5 Å². The lowest BCUT2D eigenvalue weighted by Crippen LogP contribution is -2.30. The Hall–Kier alpha value is -2.49. The molecule has 0 aliphatic carbocycles. The summed E-state index contributed by atoms with van der Waals surface area (Å²) < 4.78 is 38.2. The third-order valence-electron chi connectivity index (χ3n) is 4.58. The van der Waals surface area contributed by atoms with Crippen LogP contribution in [0.4, 0.5) is 0 Å². The number of aromatic nitrogens is 3. The van der Waals surface area contributed by atoms with E-state index in [1.807, 2.05) is 6.07 Å². The van der Waals surface area contributed by atoms with Crippen molar-refractivity contribution in [1.82, 2.24) is 19.4 Å².